The number of H-pyrrole nitrogens is 1. The molecule has 0 bridgehead atoms. The van der Waals surface area contributed by atoms with Gasteiger partial charge in [0.15, 0.2) is 0 Å². The molecule has 7 heteroatoms. The van der Waals surface area contributed by atoms with E-state index in [9.17, 15) is 0 Å². The maximum Gasteiger partial charge on any atom is 0.201 e. The van der Waals surface area contributed by atoms with Gasteiger partial charge in [-0.25, -0.2) is 4.98 Å². The van der Waals surface area contributed by atoms with E-state index >= 15 is 0 Å². The molecule has 0 radical (unpaired) electrons. The minimum atomic E-state index is 0.647. The van der Waals surface area contributed by atoms with Crippen LogP contribution in [0.25, 0.3) is 11.0 Å². The highest BCUT2D eigenvalue weighted by atomic mass is 35.5. The summed E-state index contributed by atoms with van der Waals surface area (Å²) in [6, 6.07) is 11.1. The van der Waals surface area contributed by atoms with Crippen LogP contribution in [0.1, 0.15) is 5.56 Å². The fourth-order valence-corrected chi connectivity index (χ4v) is 3.02. The molecular formula is C16H15Cl3N4. The highest BCUT2D eigenvalue weighted by Crippen LogP contribution is 2.19. The van der Waals surface area contributed by atoms with Crippen molar-refractivity contribution >= 4 is 51.8 Å². The monoisotopic (exact) mass is 368 g/mol. The Balaban J connectivity index is 1.47. The Morgan fingerprint density at radius 3 is 2.48 bits per heavy atom. The van der Waals surface area contributed by atoms with Crippen LogP contribution in [0.3, 0.4) is 0 Å². The maximum atomic E-state index is 5.97. The molecule has 1 aromatic heterocycles. The third kappa shape index (κ3) is 4.52. The van der Waals surface area contributed by atoms with Gasteiger partial charge >= 0.3 is 0 Å². The summed E-state index contributed by atoms with van der Waals surface area (Å²) < 4.78 is 0. The molecular weight excluding hydrogens is 355 g/mol. The van der Waals surface area contributed by atoms with Crippen molar-refractivity contribution in [3.8, 4) is 0 Å². The second kappa shape index (κ2) is 7.41. The van der Waals surface area contributed by atoms with Crippen LogP contribution in [0, 0.1) is 0 Å². The summed E-state index contributed by atoms with van der Waals surface area (Å²) in [5.74, 6) is 0.731. The van der Waals surface area contributed by atoms with Crippen molar-refractivity contribution in [2.24, 2.45) is 0 Å². The number of imidazole rings is 1. The van der Waals surface area contributed by atoms with Crippen molar-refractivity contribution in [1.29, 1.82) is 0 Å². The number of anilines is 1. The molecule has 1 heterocycles. The van der Waals surface area contributed by atoms with Gasteiger partial charge in [-0.15, -0.1) is 0 Å². The summed E-state index contributed by atoms with van der Waals surface area (Å²) >= 11 is 17.9. The van der Waals surface area contributed by atoms with Crippen molar-refractivity contribution < 1.29 is 0 Å². The first-order chi connectivity index (χ1) is 11.1. The lowest BCUT2D eigenvalue weighted by molar-refractivity contribution is 0.705. The van der Waals surface area contributed by atoms with Crippen LogP contribution in [0.2, 0.25) is 15.1 Å². The zero-order valence-corrected chi connectivity index (χ0v) is 14.4. The van der Waals surface area contributed by atoms with Crippen LogP contribution in [0.5, 0.6) is 0 Å². The van der Waals surface area contributed by atoms with E-state index < -0.39 is 0 Å². The lowest BCUT2D eigenvalue weighted by Gasteiger charge is -2.06. The minimum absolute atomic E-state index is 0.647. The first kappa shape index (κ1) is 16.4. The molecule has 3 N–H and O–H groups in total. The predicted octanol–water partition coefficient (Wildman–Crippen LogP) is 4.72. The Hall–Kier alpha value is -1.46. The summed E-state index contributed by atoms with van der Waals surface area (Å²) in [7, 11) is 0. The molecule has 0 fully saturated rings. The SMILES string of the molecule is Clc1cc(Cl)cc(CNCCNc2nc3ccc(Cl)cc3[nH]2)c1. The Kier molecular flexibility index (Phi) is 5.28. The molecule has 0 aliphatic heterocycles. The van der Waals surface area contributed by atoms with Crippen molar-refractivity contribution in [3.05, 3.63) is 57.0 Å². The molecule has 120 valence electrons. The van der Waals surface area contributed by atoms with E-state index in [0.717, 1.165) is 35.6 Å². The second-order valence-corrected chi connectivity index (χ2v) is 6.44. The van der Waals surface area contributed by atoms with Crippen molar-refractivity contribution in [2.75, 3.05) is 18.4 Å². The van der Waals surface area contributed by atoms with Gasteiger partial charge in [0.1, 0.15) is 0 Å². The number of fused-ring (bicyclic) bond motifs is 1. The smallest absolute Gasteiger partial charge is 0.201 e. The fraction of sp³-hybridized carbons (Fsp3) is 0.188. The average molecular weight is 370 g/mol. The second-order valence-electron chi connectivity index (χ2n) is 5.13. The lowest BCUT2D eigenvalue weighted by Crippen LogP contribution is -2.22. The quantitative estimate of drug-likeness (QED) is 0.551. The van der Waals surface area contributed by atoms with E-state index in [1.165, 1.54) is 0 Å². The van der Waals surface area contributed by atoms with Gasteiger partial charge in [-0.1, -0.05) is 34.8 Å². The standard InChI is InChI=1S/C16H15Cl3N4/c17-11-1-2-14-15(8-11)23-16(22-14)21-4-3-20-9-10-5-12(18)7-13(19)6-10/h1-2,5-8,20H,3-4,9H2,(H2,21,22,23). The number of nitrogens with one attached hydrogen (secondary N) is 3. The molecule has 4 nitrogen and oxygen atoms in total. The molecule has 2 aromatic carbocycles. The van der Waals surface area contributed by atoms with E-state index in [2.05, 4.69) is 20.6 Å². The van der Waals surface area contributed by atoms with Crippen LogP contribution in [-0.2, 0) is 6.54 Å². The highest BCUT2D eigenvalue weighted by Gasteiger charge is 2.02. The Morgan fingerprint density at radius 2 is 1.70 bits per heavy atom. The van der Waals surface area contributed by atoms with E-state index in [4.69, 9.17) is 34.8 Å². The average Bonchev–Trinajstić information content (AvgIpc) is 2.87. The van der Waals surface area contributed by atoms with Crippen LogP contribution in [-0.4, -0.2) is 23.1 Å². The normalized spacial score (nSPS) is 11.1. The Bertz CT molecular complexity index is 796. The van der Waals surface area contributed by atoms with Gasteiger partial charge in [-0.3, -0.25) is 0 Å². The maximum absolute atomic E-state index is 5.97. The van der Waals surface area contributed by atoms with Crippen LogP contribution in [0.4, 0.5) is 5.95 Å². The van der Waals surface area contributed by atoms with Gasteiger partial charge in [0.2, 0.25) is 5.95 Å². The summed E-state index contributed by atoms with van der Waals surface area (Å²) in [5.41, 5.74) is 2.86. The molecule has 0 atom stereocenters. The van der Waals surface area contributed by atoms with E-state index in [1.807, 2.05) is 30.3 Å². The molecule has 0 spiro atoms. The summed E-state index contributed by atoms with van der Waals surface area (Å²) in [4.78, 5) is 7.64. The largest absolute Gasteiger partial charge is 0.355 e. The molecule has 0 aliphatic carbocycles. The van der Waals surface area contributed by atoms with Gasteiger partial charge in [0.05, 0.1) is 11.0 Å². The summed E-state index contributed by atoms with van der Waals surface area (Å²) in [6.07, 6.45) is 0. The number of hydrogen-bond acceptors (Lipinski definition) is 3. The molecule has 0 saturated heterocycles. The number of aromatic nitrogens is 2. The van der Waals surface area contributed by atoms with E-state index in [1.54, 1.807) is 6.07 Å². The number of nitrogens with zero attached hydrogens (tertiary/aromatic N) is 1. The summed E-state index contributed by atoms with van der Waals surface area (Å²) in [5, 5.41) is 8.55. The Morgan fingerprint density at radius 1 is 0.913 bits per heavy atom. The molecule has 0 saturated carbocycles. The van der Waals surface area contributed by atoms with E-state index in [0.29, 0.717) is 21.6 Å². The van der Waals surface area contributed by atoms with Crippen LogP contribution >= 0.6 is 34.8 Å². The molecule has 23 heavy (non-hydrogen) atoms. The Labute approximate surface area is 149 Å². The van der Waals surface area contributed by atoms with E-state index in [-0.39, 0.29) is 0 Å². The molecule has 0 aliphatic rings. The van der Waals surface area contributed by atoms with Crippen molar-refractivity contribution in [2.45, 2.75) is 6.54 Å². The third-order valence-electron chi connectivity index (χ3n) is 3.29. The van der Waals surface area contributed by atoms with Gasteiger partial charge in [-0.2, -0.15) is 0 Å². The molecule has 0 unspecified atom stereocenters. The number of benzene rings is 2. The van der Waals surface area contributed by atoms with Gasteiger partial charge in [0, 0.05) is 34.7 Å². The number of rotatable bonds is 6. The van der Waals surface area contributed by atoms with Gasteiger partial charge < -0.3 is 15.6 Å². The van der Waals surface area contributed by atoms with Gasteiger partial charge in [0.25, 0.3) is 0 Å². The van der Waals surface area contributed by atoms with Crippen LogP contribution in [0.15, 0.2) is 36.4 Å². The van der Waals surface area contributed by atoms with Crippen molar-refractivity contribution in [3.63, 3.8) is 0 Å². The zero-order chi connectivity index (χ0) is 16.2. The topological polar surface area (TPSA) is 52.7 Å². The fourth-order valence-electron chi connectivity index (χ4n) is 2.28. The predicted molar refractivity (Wildman–Crippen MR) is 97.8 cm³/mol. The first-order valence-corrected chi connectivity index (χ1v) is 8.28. The minimum Gasteiger partial charge on any atom is -0.355 e. The van der Waals surface area contributed by atoms with Gasteiger partial charge in [-0.05, 0) is 42.0 Å². The third-order valence-corrected chi connectivity index (χ3v) is 3.96. The van der Waals surface area contributed by atoms with Crippen LogP contribution < -0.4 is 10.6 Å². The molecule has 3 aromatic rings. The van der Waals surface area contributed by atoms with Crippen molar-refractivity contribution in [1.82, 2.24) is 15.3 Å². The molecule has 3 rings (SSSR count). The highest BCUT2D eigenvalue weighted by molar-refractivity contribution is 6.34. The first-order valence-electron chi connectivity index (χ1n) is 7.15. The lowest BCUT2D eigenvalue weighted by atomic mass is 10.2. The summed E-state index contributed by atoms with van der Waals surface area (Å²) in [6.45, 7) is 2.22. The molecule has 0 amide bonds. The number of hydrogen-bond donors (Lipinski definition) is 3. The number of halogens is 3. The zero-order valence-electron chi connectivity index (χ0n) is 12.2. The number of aromatic amines is 1.